The minimum absolute atomic E-state index is 0.0146. The van der Waals surface area contributed by atoms with Crippen molar-refractivity contribution in [2.45, 2.75) is 94.0 Å². The third kappa shape index (κ3) is 4.39. The summed E-state index contributed by atoms with van der Waals surface area (Å²) in [7, 11) is 0. The molecule has 0 spiro atoms. The Morgan fingerprint density at radius 2 is 1.75 bits per heavy atom. The van der Waals surface area contributed by atoms with Crippen LogP contribution in [0.1, 0.15) is 77.6 Å². The number of esters is 1. The Balaban J connectivity index is 1.26. The number of hydrogen-bond donors (Lipinski definition) is 2. The molecular weight excluding hydrogens is 424 g/mol. The van der Waals surface area contributed by atoms with E-state index in [0.717, 1.165) is 44.9 Å². The van der Waals surface area contributed by atoms with Crippen molar-refractivity contribution in [1.29, 1.82) is 0 Å². The normalized spacial score (nSPS) is 37.5. The fourth-order valence-corrected chi connectivity index (χ4v) is 8.16. The van der Waals surface area contributed by atoms with Gasteiger partial charge in [-0.1, -0.05) is 28.8 Å². The van der Waals surface area contributed by atoms with Gasteiger partial charge in [0.15, 0.2) is 6.10 Å². The molecule has 5 aliphatic rings. The van der Waals surface area contributed by atoms with Gasteiger partial charge in [0.2, 0.25) is 0 Å². The highest BCUT2D eigenvalue weighted by Crippen LogP contribution is 2.65. The van der Waals surface area contributed by atoms with Gasteiger partial charge in [-0.3, -0.25) is 14.9 Å². The van der Waals surface area contributed by atoms with Crippen molar-refractivity contribution >= 4 is 33.8 Å². The number of urea groups is 1. The smallest absolute Gasteiger partial charge is 0.321 e. The molecule has 5 fully saturated rings. The van der Waals surface area contributed by atoms with Crippen molar-refractivity contribution < 1.29 is 19.1 Å². The van der Waals surface area contributed by atoms with Gasteiger partial charge in [-0.25, -0.2) is 4.79 Å². The van der Waals surface area contributed by atoms with Gasteiger partial charge < -0.3 is 10.1 Å². The number of hydrogen-bond acceptors (Lipinski definition) is 4. The molecule has 3 atom stereocenters. The van der Waals surface area contributed by atoms with E-state index < -0.39 is 18.0 Å². The largest absolute Gasteiger partial charge is 0.453 e. The van der Waals surface area contributed by atoms with E-state index in [-0.39, 0.29) is 21.8 Å². The summed E-state index contributed by atoms with van der Waals surface area (Å²) in [5.74, 6) is 0.519. The summed E-state index contributed by atoms with van der Waals surface area (Å²) in [5, 5.41) is 5.11. The summed E-state index contributed by atoms with van der Waals surface area (Å²) in [6.07, 6.45) is 10.4. The number of nitrogens with one attached hydrogen (secondary N) is 2. The summed E-state index contributed by atoms with van der Waals surface area (Å²) < 4.78 is 5.60. The van der Waals surface area contributed by atoms with Gasteiger partial charge in [-0.15, -0.1) is 0 Å². The Morgan fingerprint density at radius 3 is 2.36 bits per heavy atom. The van der Waals surface area contributed by atoms with Crippen molar-refractivity contribution in [2.75, 3.05) is 0 Å². The van der Waals surface area contributed by atoms with Crippen LogP contribution in [-0.2, 0) is 14.3 Å². The molecule has 2 N–H and O–H groups in total. The number of ether oxygens (including phenoxy) is 1. The van der Waals surface area contributed by atoms with E-state index in [1.807, 2.05) is 0 Å². The van der Waals surface area contributed by atoms with Gasteiger partial charge in [0.25, 0.3) is 5.91 Å². The molecule has 156 valence electrons. The first-order chi connectivity index (χ1) is 13.2. The molecule has 0 aromatic rings. The lowest BCUT2D eigenvalue weighted by atomic mass is 9.49. The molecule has 5 aliphatic carbocycles. The molecule has 3 amide bonds. The molecule has 0 saturated heterocycles. The molecule has 5 rings (SSSR count). The van der Waals surface area contributed by atoms with Crippen LogP contribution in [0.4, 0.5) is 4.79 Å². The molecule has 6 nitrogen and oxygen atoms in total. The summed E-state index contributed by atoms with van der Waals surface area (Å²) in [5.41, 5.74) is 0.0146. The van der Waals surface area contributed by atoms with Gasteiger partial charge in [-0.05, 0) is 75.5 Å². The van der Waals surface area contributed by atoms with Crippen LogP contribution in [0.25, 0.3) is 0 Å². The zero-order valence-electron chi connectivity index (χ0n) is 16.6. The van der Waals surface area contributed by atoms with Gasteiger partial charge in [0.1, 0.15) is 0 Å². The molecule has 3 unspecified atom stereocenters. The number of imide groups is 1. The minimum atomic E-state index is -0.964. The maximum atomic E-state index is 12.6. The van der Waals surface area contributed by atoms with Gasteiger partial charge in [0, 0.05) is 10.4 Å². The predicted octanol–water partition coefficient (Wildman–Crippen LogP) is 3.81. The summed E-state index contributed by atoms with van der Waals surface area (Å²) >= 11 is 3.96. The second-order valence-electron chi connectivity index (χ2n) is 9.86. The van der Waals surface area contributed by atoms with Crippen molar-refractivity contribution in [3.63, 3.8) is 0 Å². The Morgan fingerprint density at radius 1 is 1.11 bits per heavy atom. The van der Waals surface area contributed by atoms with Crippen molar-refractivity contribution in [3.05, 3.63) is 0 Å². The van der Waals surface area contributed by atoms with E-state index in [9.17, 15) is 14.4 Å². The fraction of sp³-hybridized carbons (Fsp3) is 0.857. The Bertz CT molecular complexity index is 647. The minimum Gasteiger partial charge on any atom is -0.453 e. The number of amides is 3. The highest BCUT2D eigenvalue weighted by atomic mass is 79.9. The van der Waals surface area contributed by atoms with Crippen molar-refractivity contribution in [2.24, 2.45) is 17.3 Å². The van der Waals surface area contributed by atoms with Crippen LogP contribution in [-0.4, -0.2) is 34.4 Å². The highest BCUT2D eigenvalue weighted by molar-refractivity contribution is 9.10. The summed E-state index contributed by atoms with van der Waals surface area (Å²) in [4.78, 5) is 36.8. The van der Waals surface area contributed by atoms with E-state index >= 15 is 0 Å². The SMILES string of the molecule is CC(OC(=O)CC12CC3CC(CC(Br)(C3)C1)C2)C(=O)NC(=O)NC1CCCC1. The summed E-state index contributed by atoms with van der Waals surface area (Å²) in [6.45, 7) is 1.53. The van der Waals surface area contributed by atoms with Crippen LogP contribution < -0.4 is 10.6 Å². The first kappa shape index (κ1) is 20.2. The predicted molar refractivity (Wildman–Crippen MR) is 108 cm³/mol. The molecular formula is C21H31BrN2O4. The van der Waals surface area contributed by atoms with Crippen LogP contribution in [0.15, 0.2) is 0 Å². The molecule has 0 aliphatic heterocycles. The number of halogens is 1. The first-order valence-electron chi connectivity index (χ1n) is 10.7. The van der Waals surface area contributed by atoms with Crippen LogP contribution in [0.5, 0.6) is 0 Å². The first-order valence-corrected chi connectivity index (χ1v) is 11.5. The number of alkyl halides is 1. The number of rotatable bonds is 5. The number of carbonyl (C=O) groups is 3. The maximum Gasteiger partial charge on any atom is 0.321 e. The zero-order chi connectivity index (χ0) is 19.9. The van der Waals surface area contributed by atoms with Crippen LogP contribution in [0.3, 0.4) is 0 Å². The quantitative estimate of drug-likeness (QED) is 0.488. The van der Waals surface area contributed by atoms with Crippen LogP contribution in [0.2, 0.25) is 0 Å². The van der Waals surface area contributed by atoms with E-state index in [0.29, 0.717) is 18.3 Å². The van der Waals surface area contributed by atoms with Crippen LogP contribution in [0, 0.1) is 17.3 Å². The Hall–Kier alpha value is -1.11. The molecule has 0 radical (unpaired) electrons. The maximum absolute atomic E-state index is 12.6. The lowest BCUT2D eigenvalue weighted by Gasteiger charge is -2.60. The third-order valence-corrected chi connectivity index (χ3v) is 8.16. The number of carbonyl (C=O) groups excluding carboxylic acids is 3. The second-order valence-corrected chi connectivity index (χ2v) is 11.5. The fourth-order valence-electron chi connectivity index (χ4n) is 6.65. The lowest BCUT2D eigenvalue weighted by Crippen LogP contribution is -2.53. The molecule has 28 heavy (non-hydrogen) atoms. The lowest BCUT2D eigenvalue weighted by molar-refractivity contribution is -0.160. The van der Waals surface area contributed by atoms with E-state index in [1.54, 1.807) is 0 Å². The van der Waals surface area contributed by atoms with Gasteiger partial charge in [-0.2, -0.15) is 0 Å². The molecule has 0 aromatic carbocycles. The molecule has 7 heteroatoms. The monoisotopic (exact) mass is 454 g/mol. The van der Waals surface area contributed by atoms with Gasteiger partial charge >= 0.3 is 12.0 Å². The molecule has 5 saturated carbocycles. The zero-order valence-corrected chi connectivity index (χ0v) is 18.2. The van der Waals surface area contributed by atoms with E-state index in [4.69, 9.17) is 4.74 Å². The summed E-state index contributed by atoms with van der Waals surface area (Å²) in [6, 6.07) is -0.361. The van der Waals surface area contributed by atoms with E-state index in [1.165, 1.54) is 26.2 Å². The average molecular weight is 455 g/mol. The van der Waals surface area contributed by atoms with Crippen molar-refractivity contribution in [1.82, 2.24) is 10.6 Å². The third-order valence-electron chi connectivity index (χ3n) is 7.23. The highest BCUT2D eigenvalue weighted by Gasteiger charge is 2.57. The average Bonchev–Trinajstić information content (AvgIpc) is 3.04. The van der Waals surface area contributed by atoms with E-state index in [2.05, 4.69) is 26.6 Å². The molecule has 0 aromatic heterocycles. The Labute approximate surface area is 175 Å². The van der Waals surface area contributed by atoms with Crippen LogP contribution >= 0.6 is 15.9 Å². The second kappa shape index (κ2) is 7.62. The topological polar surface area (TPSA) is 84.5 Å². The van der Waals surface area contributed by atoms with Crippen molar-refractivity contribution in [3.8, 4) is 0 Å². The van der Waals surface area contributed by atoms with Gasteiger partial charge in [0.05, 0.1) is 6.42 Å². The Kier molecular flexibility index (Phi) is 5.49. The molecule has 4 bridgehead atoms. The molecule has 0 heterocycles. The standard InChI is InChI=1S/C21H31BrN2O4/c1-13(18(26)24-19(27)23-16-4-2-3-5-16)28-17(25)11-20-7-14-6-15(8-20)10-21(22,9-14)12-20/h13-16H,2-12H2,1H3,(H2,23,24,26,27).